The van der Waals surface area contributed by atoms with E-state index in [0.29, 0.717) is 6.04 Å². The third-order valence-corrected chi connectivity index (χ3v) is 3.91. The van der Waals surface area contributed by atoms with Crippen molar-refractivity contribution < 1.29 is 5.11 Å². The molecule has 0 heterocycles. The molecule has 20 heavy (non-hydrogen) atoms. The number of hydrogen-bond acceptors (Lipinski definition) is 3. The minimum absolute atomic E-state index is 0.127. The molecule has 0 aliphatic rings. The van der Waals surface area contributed by atoms with E-state index in [1.165, 1.54) is 5.56 Å². The van der Waals surface area contributed by atoms with E-state index in [9.17, 15) is 0 Å². The summed E-state index contributed by atoms with van der Waals surface area (Å²) >= 11 is 0. The van der Waals surface area contributed by atoms with Crippen LogP contribution in [0.15, 0.2) is 30.3 Å². The highest BCUT2D eigenvalue weighted by Gasteiger charge is 2.31. The van der Waals surface area contributed by atoms with Gasteiger partial charge in [0.2, 0.25) is 0 Å². The van der Waals surface area contributed by atoms with Crippen molar-refractivity contribution in [2.45, 2.75) is 33.2 Å². The van der Waals surface area contributed by atoms with Crippen LogP contribution in [0.3, 0.4) is 0 Å². The Morgan fingerprint density at radius 2 is 1.90 bits per heavy atom. The van der Waals surface area contributed by atoms with Gasteiger partial charge in [0.05, 0.1) is 0 Å². The average Bonchev–Trinajstić information content (AvgIpc) is 2.45. The minimum Gasteiger partial charge on any atom is -0.396 e. The van der Waals surface area contributed by atoms with E-state index in [-0.39, 0.29) is 12.0 Å². The van der Waals surface area contributed by atoms with Gasteiger partial charge in [0.25, 0.3) is 0 Å². The maximum Gasteiger partial charge on any atom is 0.0443 e. The van der Waals surface area contributed by atoms with Gasteiger partial charge in [0.1, 0.15) is 0 Å². The standard InChI is InChI=1S/C17H30N2O/c1-5-19(12-9-13-20)14-17(2,3)16(18-4)15-10-7-6-8-11-15/h6-8,10-11,16,18,20H,5,9,12-14H2,1-4H3. The molecule has 0 aliphatic heterocycles. The maximum atomic E-state index is 9.00. The van der Waals surface area contributed by atoms with Crippen LogP contribution in [0.2, 0.25) is 0 Å². The van der Waals surface area contributed by atoms with Crippen LogP contribution in [0, 0.1) is 5.41 Å². The first-order valence-corrected chi connectivity index (χ1v) is 7.60. The van der Waals surface area contributed by atoms with Crippen molar-refractivity contribution in [1.82, 2.24) is 10.2 Å². The molecule has 0 saturated carbocycles. The van der Waals surface area contributed by atoms with Crippen LogP contribution in [-0.2, 0) is 0 Å². The molecule has 0 bridgehead atoms. The third-order valence-electron chi connectivity index (χ3n) is 3.91. The zero-order valence-corrected chi connectivity index (χ0v) is 13.4. The highest BCUT2D eigenvalue weighted by molar-refractivity contribution is 5.21. The molecule has 114 valence electrons. The van der Waals surface area contributed by atoms with Crippen molar-refractivity contribution in [2.75, 3.05) is 33.3 Å². The Labute approximate surface area is 124 Å². The van der Waals surface area contributed by atoms with Crippen molar-refractivity contribution in [2.24, 2.45) is 5.41 Å². The largest absolute Gasteiger partial charge is 0.396 e. The second-order valence-electron chi connectivity index (χ2n) is 6.07. The SMILES string of the molecule is CCN(CCCO)CC(C)(C)C(NC)c1ccccc1. The Morgan fingerprint density at radius 3 is 2.40 bits per heavy atom. The van der Waals surface area contributed by atoms with Gasteiger partial charge in [-0.1, -0.05) is 51.1 Å². The quantitative estimate of drug-likeness (QED) is 0.729. The van der Waals surface area contributed by atoms with Gasteiger partial charge in [-0.15, -0.1) is 0 Å². The van der Waals surface area contributed by atoms with Crippen molar-refractivity contribution in [1.29, 1.82) is 0 Å². The lowest BCUT2D eigenvalue weighted by atomic mass is 9.80. The Morgan fingerprint density at radius 1 is 1.25 bits per heavy atom. The zero-order valence-electron chi connectivity index (χ0n) is 13.4. The van der Waals surface area contributed by atoms with Gasteiger partial charge in [-0.25, -0.2) is 0 Å². The number of nitrogens with zero attached hydrogens (tertiary/aromatic N) is 1. The number of nitrogens with one attached hydrogen (secondary N) is 1. The molecule has 2 N–H and O–H groups in total. The summed E-state index contributed by atoms with van der Waals surface area (Å²) in [5.41, 5.74) is 1.46. The Balaban J connectivity index is 2.78. The lowest BCUT2D eigenvalue weighted by molar-refractivity contribution is 0.135. The average molecular weight is 278 g/mol. The van der Waals surface area contributed by atoms with Gasteiger partial charge >= 0.3 is 0 Å². The topological polar surface area (TPSA) is 35.5 Å². The number of benzene rings is 1. The maximum absolute atomic E-state index is 9.00. The van der Waals surface area contributed by atoms with Gasteiger partial charge in [-0.05, 0) is 31.0 Å². The molecule has 0 spiro atoms. The van der Waals surface area contributed by atoms with Gasteiger partial charge in [0.15, 0.2) is 0 Å². The Kier molecular flexibility index (Phi) is 7.20. The zero-order chi connectivity index (χ0) is 15.0. The summed E-state index contributed by atoms with van der Waals surface area (Å²) in [5, 5.41) is 12.5. The number of aliphatic hydroxyl groups is 1. The predicted octanol–water partition coefficient (Wildman–Crippen LogP) is 2.68. The summed E-state index contributed by atoms with van der Waals surface area (Å²) in [5.74, 6) is 0. The van der Waals surface area contributed by atoms with E-state index in [4.69, 9.17) is 5.11 Å². The molecule has 0 radical (unpaired) electrons. The lowest BCUT2D eigenvalue weighted by Crippen LogP contribution is -2.42. The predicted molar refractivity (Wildman–Crippen MR) is 85.8 cm³/mol. The smallest absolute Gasteiger partial charge is 0.0443 e. The van der Waals surface area contributed by atoms with E-state index in [0.717, 1.165) is 26.1 Å². The molecule has 1 rings (SSSR count). The summed E-state index contributed by atoms with van der Waals surface area (Å²) in [6, 6.07) is 11.0. The van der Waals surface area contributed by atoms with Crippen LogP contribution in [0.5, 0.6) is 0 Å². The summed E-state index contributed by atoms with van der Waals surface area (Å²) in [6.07, 6.45) is 0.847. The lowest BCUT2D eigenvalue weighted by Gasteiger charge is -2.38. The summed E-state index contributed by atoms with van der Waals surface area (Å²) in [6.45, 7) is 10.1. The Bertz CT molecular complexity index is 365. The van der Waals surface area contributed by atoms with Crippen LogP contribution >= 0.6 is 0 Å². The van der Waals surface area contributed by atoms with Crippen LogP contribution in [-0.4, -0.2) is 43.3 Å². The van der Waals surface area contributed by atoms with Gasteiger partial charge < -0.3 is 15.3 Å². The van der Waals surface area contributed by atoms with Crippen molar-refractivity contribution in [3.63, 3.8) is 0 Å². The van der Waals surface area contributed by atoms with Crippen LogP contribution < -0.4 is 5.32 Å². The van der Waals surface area contributed by atoms with E-state index in [1.807, 2.05) is 7.05 Å². The molecule has 1 aromatic rings. The molecule has 1 atom stereocenters. The fraction of sp³-hybridized carbons (Fsp3) is 0.647. The molecule has 3 heteroatoms. The fourth-order valence-electron chi connectivity index (χ4n) is 2.96. The molecular weight excluding hydrogens is 248 g/mol. The molecule has 3 nitrogen and oxygen atoms in total. The fourth-order valence-corrected chi connectivity index (χ4v) is 2.96. The minimum atomic E-state index is 0.127. The van der Waals surface area contributed by atoms with Crippen LogP contribution in [0.4, 0.5) is 0 Å². The highest BCUT2D eigenvalue weighted by Crippen LogP contribution is 2.33. The molecule has 1 aromatic carbocycles. The molecular formula is C17H30N2O. The third kappa shape index (κ3) is 4.89. The number of aliphatic hydroxyl groups excluding tert-OH is 1. The van der Waals surface area contributed by atoms with E-state index < -0.39 is 0 Å². The molecule has 0 amide bonds. The second-order valence-corrected chi connectivity index (χ2v) is 6.07. The first-order valence-electron chi connectivity index (χ1n) is 7.60. The molecule has 0 aromatic heterocycles. The summed E-state index contributed by atoms with van der Waals surface area (Å²) < 4.78 is 0. The first-order chi connectivity index (χ1) is 9.55. The number of hydrogen-bond donors (Lipinski definition) is 2. The normalized spacial score (nSPS) is 13.7. The van der Waals surface area contributed by atoms with Crippen LogP contribution in [0.1, 0.15) is 38.8 Å². The van der Waals surface area contributed by atoms with Gasteiger partial charge in [-0.2, -0.15) is 0 Å². The Hall–Kier alpha value is -0.900. The van der Waals surface area contributed by atoms with Gasteiger partial charge in [0, 0.05) is 25.7 Å². The monoisotopic (exact) mass is 278 g/mol. The second kappa shape index (κ2) is 8.40. The van der Waals surface area contributed by atoms with E-state index >= 15 is 0 Å². The highest BCUT2D eigenvalue weighted by atomic mass is 16.3. The van der Waals surface area contributed by atoms with E-state index in [2.05, 4.69) is 61.3 Å². The molecule has 0 fully saturated rings. The van der Waals surface area contributed by atoms with Crippen molar-refractivity contribution in [3.8, 4) is 0 Å². The van der Waals surface area contributed by atoms with Crippen molar-refractivity contribution >= 4 is 0 Å². The molecule has 1 unspecified atom stereocenters. The van der Waals surface area contributed by atoms with E-state index in [1.54, 1.807) is 0 Å². The van der Waals surface area contributed by atoms with Crippen LogP contribution in [0.25, 0.3) is 0 Å². The summed E-state index contributed by atoms with van der Waals surface area (Å²) in [7, 11) is 2.03. The van der Waals surface area contributed by atoms with Crippen molar-refractivity contribution in [3.05, 3.63) is 35.9 Å². The number of rotatable bonds is 9. The summed E-state index contributed by atoms with van der Waals surface area (Å²) in [4.78, 5) is 2.42. The first kappa shape index (κ1) is 17.2. The molecule has 0 saturated heterocycles. The van der Waals surface area contributed by atoms with Gasteiger partial charge in [-0.3, -0.25) is 0 Å². The molecule has 0 aliphatic carbocycles.